The molecular formula is C14H26N2OS. The Morgan fingerprint density at radius 2 is 2.33 bits per heavy atom. The van der Waals surface area contributed by atoms with Crippen molar-refractivity contribution in [3.63, 3.8) is 0 Å². The molecule has 1 amide bonds. The predicted molar refractivity (Wildman–Crippen MR) is 79.5 cm³/mol. The Kier molecular flexibility index (Phi) is 7.44. The van der Waals surface area contributed by atoms with E-state index in [0.717, 1.165) is 25.8 Å². The highest BCUT2D eigenvalue weighted by Gasteiger charge is 2.18. The molecule has 0 spiro atoms. The van der Waals surface area contributed by atoms with E-state index in [4.69, 9.17) is 5.73 Å². The van der Waals surface area contributed by atoms with Crippen LogP contribution >= 0.6 is 11.8 Å². The van der Waals surface area contributed by atoms with Gasteiger partial charge in [-0.2, -0.15) is 0 Å². The van der Waals surface area contributed by atoms with Crippen LogP contribution in [0, 0.1) is 0 Å². The predicted octanol–water partition coefficient (Wildman–Crippen LogP) is 2.76. The summed E-state index contributed by atoms with van der Waals surface area (Å²) in [5, 5.41) is 0.470. The molecule has 1 aliphatic carbocycles. The Balaban J connectivity index is 2.44. The van der Waals surface area contributed by atoms with Gasteiger partial charge in [0.15, 0.2) is 0 Å². The molecule has 1 rings (SSSR count). The molecule has 0 saturated heterocycles. The number of rotatable bonds is 7. The SMILES string of the molecule is CCN(C(=O)CSC(C)CCN)C1=CCCCC1. The first-order valence-corrected chi connectivity index (χ1v) is 8.05. The van der Waals surface area contributed by atoms with Crippen molar-refractivity contribution in [1.29, 1.82) is 0 Å². The van der Waals surface area contributed by atoms with Gasteiger partial charge in [0, 0.05) is 17.5 Å². The third-order valence-corrected chi connectivity index (χ3v) is 4.51. The summed E-state index contributed by atoms with van der Waals surface area (Å²) in [5.41, 5.74) is 6.76. The molecule has 1 unspecified atom stereocenters. The third kappa shape index (κ3) is 5.02. The summed E-state index contributed by atoms with van der Waals surface area (Å²) in [6.07, 6.45) is 7.87. The van der Waals surface area contributed by atoms with Gasteiger partial charge in [0.05, 0.1) is 5.75 Å². The van der Waals surface area contributed by atoms with Gasteiger partial charge in [-0.1, -0.05) is 13.0 Å². The number of carbonyl (C=O) groups excluding carboxylic acids is 1. The van der Waals surface area contributed by atoms with Crippen molar-refractivity contribution in [3.8, 4) is 0 Å². The number of amides is 1. The van der Waals surface area contributed by atoms with E-state index in [2.05, 4.69) is 19.9 Å². The van der Waals surface area contributed by atoms with Crippen molar-refractivity contribution < 1.29 is 4.79 Å². The largest absolute Gasteiger partial charge is 0.330 e. The van der Waals surface area contributed by atoms with Crippen LogP contribution in [0.1, 0.15) is 46.0 Å². The zero-order chi connectivity index (χ0) is 13.4. The highest BCUT2D eigenvalue weighted by atomic mass is 32.2. The van der Waals surface area contributed by atoms with Crippen LogP contribution in [0.25, 0.3) is 0 Å². The van der Waals surface area contributed by atoms with Crippen LogP contribution in [0.4, 0.5) is 0 Å². The highest BCUT2D eigenvalue weighted by Crippen LogP contribution is 2.22. The maximum absolute atomic E-state index is 12.2. The first-order valence-electron chi connectivity index (χ1n) is 7.00. The minimum absolute atomic E-state index is 0.250. The van der Waals surface area contributed by atoms with E-state index < -0.39 is 0 Å². The molecule has 18 heavy (non-hydrogen) atoms. The van der Waals surface area contributed by atoms with E-state index in [-0.39, 0.29) is 5.91 Å². The van der Waals surface area contributed by atoms with Gasteiger partial charge in [-0.3, -0.25) is 4.79 Å². The molecule has 0 radical (unpaired) electrons. The molecule has 0 aromatic carbocycles. The lowest BCUT2D eigenvalue weighted by molar-refractivity contribution is -0.126. The summed E-state index contributed by atoms with van der Waals surface area (Å²) in [4.78, 5) is 14.2. The zero-order valence-electron chi connectivity index (χ0n) is 11.7. The topological polar surface area (TPSA) is 46.3 Å². The maximum atomic E-state index is 12.2. The number of hydrogen-bond donors (Lipinski definition) is 1. The molecule has 0 aromatic rings. The van der Waals surface area contributed by atoms with Gasteiger partial charge in [0.25, 0.3) is 0 Å². The molecular weight excluding hydrogens is 244 g/mol. The van der Waals surface area contributed by atoms with Crippen molar-refractivity contribution in [2.45, 2.75) is 51.2 Å². The number of carbonyl (C=O) groups is 1. The fourth-order valence-electron chi connectivity index (χ4n) is 2.22. The Bertz CT molecular complexity index is 292. The quantitative estimate of drug-likeness (QED) is 0.774. The van der Waals surface area contributed by atoms with E-state index in [9.17, 15) is 4.79 Å². The van der Waals surface area contributed by atoms with E-state index in [1.807, 2.05) is 4.90 Å². The van der Waals surface area contributed by atoms with Crippen LogP contribution in [0.5, 0.6) is 0 Å². The molecule has 0 aliphatic heterocycles. The van der Waals surface area contributed by atoms with E-state index in [1.165, 1.54) is 18.5 Å². The third-order valence-electron chi connectivity index (χ3n) is 3.30. The van der Waals surface area contributed by atoms with E-state index in [0.29, 0.717) is 17.5 Å². The molecule has 2 N–H and O–H groups in total. The van der Waals surface area contributed by atoms with E-state index >= 15 is 0 Å². The fraction of sp³-hybridized carbons (Fsp3) is 0.786. The minimum atomic E-state index is 0.250. The van der Waals surface area contributed by atoms with Gasteiger partial charge < -0.3 is 10.6 Å². The lowest BCUT2D eigenvalue weighted by Gasteiger charge is -2.26. The van der Waals surface area contributed by atoms with Crippen molar-refractivity contribution in [2.24, 2.45) is 5.73 Å². The van der Waals surface area contributed by atoms with Gasteiger partial charge in [0.1, 0.15) is 0 Å². The zero-order valence-corrected chi connectivity index (χ0v) is 12.5. The molecule has 0 aromatic heterocycles. The second-order valence-electron chi connectivity index (χ2n) is 4.78. The van der Waals surface area contributed by atoms with Crippen molar-refractivity contribution >= 4 is 17.7 Å². The average molecular weight is 270 g/mol. The van der Waals surface area contributed by atoms with Gasteiger partial charge in [-0.05, 0) is 45.6 Å². The second-order valence-corrected chi connectivity index (χ2v) is 6.20. The Morgan fingerprint density at radius 3 is 2.89 bits per heavy atom. The smallest absolute Gasteiger partial charge is 0.236 e. The van der Waals surface area contributed by atoms with Crippen LogP contribution < -0.4 is 5.73 Å². The van der Waals surface area contributed by atoms with Gasteiger partial charge in [-0.25, -0.2) is 0 Å². The van der Waals surface area contributed by atoms with Crippen molar-refractivity contribution in [1.82, 2.24) is 4.90 Å². The Morgan fingerprint density at radius 1 is 1.56 bits per heavy atom. The van der Waals surface area contributed by atoms with Crippen LogP contribution in [0.15, 0.2) is 11.8 Å². The molecule has 104 valence electrons. The van der Waals surface area contributed by atoms with Crippen LogP contribution in [-0.2, 0) is 4.79 Å². The summed E-state index contributed by atoms with van der Waals surface area (Å²) >= 11 is 1.72. The molecule has 0 heterocycles. The minimum Gasteiger partial charge on any atom is -0.330 e. The normalized spacial score (nSPS) is 17.2. The molecule has 4 heteroatoms. The lowest BCUT2D eigenvalue weighted by Crippen LogP contribution is -2.32. The summed E-state index contributed by atoms with van der Waals surface area (Å²) in [7, 11) is 0. The first-order chi connectivity index (χ1) is 8.69. The maximum Gasteiger partial charge on any atom is 0.236 e. The molecule has 1 aliphatic rings. The molecule has 0 fully saturated rings. The molecule has 0 saturated carbocycles. The van der Waals surface area contributed by atoms with Gasteiger partial charge in [0.2, 0.25) is 5.91 Å². The summed E-state index contributed by atoms with van der Waals surface area (Å²) in [6.45, 7) is 5.68. The molecule has 1 atom stereocenters. The van der Waals surface area contributed by atoms with Crippen molar-refractivity contribution in [3.05, 3.63) is 11.8 Å². The highest BCUT2D eigenvalue weighted by molar-refractivity contribution is 8.00. The molecule has 3 nitrogen and oxygen atoms in total. The lowest BCUT2D eigenvalue weighted by atomic mass is 10.0. The second kappa shape index (κ2) is 8.59. The summed E-state index contributed by atoms with van der Waals surface area (Å²) in [5.74, 6) is 0.825. The number of allylic oxidation sites excluding steroid dienone is 2. The number of thioether (sulfide) groups is 1. The van der Waals surface area contributed by atoms with E-state index in [1.54, 1.807) is 11.8 Å². The standard InChI is InChI=1S/C14H26N2OS/c1-3-16(13-7-5-4-6-8-13)14(17)11-18-12(2)9-10-15/h7,12H,3-6,8-11,15H2,1-2H3. The first kappa shape index (κ1) is 15.6. The molecule has 0 bridgehead atoms. The Labute approximate surface area is 115 Å². The summed E-state index contributed by atoms with van der Waals surface area (Å²) in [6, 6.07) is 0. The number of nitrogens with two attached hydrogens (primary N) is 1. The van der Waals surface area contributed by atoms with Crippen LogP contribution in [-0.4, -0.2) is 34.9 Å². The average Bonchev–Trinajstić information content (AvgIpc) is 2.39. The van der Waals surface area contributed by atoms with Gasteiger partial charge in [-0.15, -0.1) is 11.8 Å². The monoisotopic (exact) mass is 270 g/mol. The number of nitrogens with zero attached hydrogens (tertiary/aromatic N) is 1. The summed E-state index contributed by atoms with van der Waals surface area (Å²) < 4.78 is 0. The van der Waals surface area contributed by atoms with Crippen LogP contribution in [0.3, 0.4) is 0 Å². The van der Waals surface area contributed by atoms with Crippen molar-refractivity contribution in [2.75, 3.05) is 18.8 Å². The van der Waals surface area contributed by atoms with Crippen LogP contribution in [0.2, 0.25) is 0 Å². The van der Waals surface area contributed by atoms with Gasteiger partial charge >= 0.3 is 0 Å². The fourth-order valence-corrected chi connectivity index (χ4v) is 3.10. The number of hydrogen-bond acceptors (Lipinski definition) is 3. The Hall–Kier alpha value is -0.480.